The lowest BCUT2D eigenvalue weighted by Crippen LogP contribution is -1.96. The minimum Gasteiger partial charge on any atom is -0.207 e. The van der Waals surface area contributed by atoms with Gasteiger partial charge in [0.25, 0.3) is 0 Å². The van der Waals surface area contributed by atoms with Crippen LogP contribution in [0.1, 0.15) is 11.1 Å². The van der Waals surface area contributed by atoms with Gasteiger partial charge in [-0.15, -0.1) is 0 Å². The van der Waals surface area contributed by atoms with Crippen molar-refractivity contribution in [1.29, 1.82) is 0 Å². The van der Waals surface area contributed by atoms with E-state index in [1.54, 1.807) is 0 Å². The molecule has 1 aromatic carbocycles. The molecule has 0 N–H and O–H groups in total. The molecule has 0 aliphatic carbocycles. The third-order valence-corrected chi connectivity index (χ3v) is 1.84. The molecule has 18 heavy (non-hydrogen) atoms. The van der Waals surface area contributed by atoms with Crippen molar-refractivity contribution in [2.24, 2.45) is 0 Å². The van der Waals surface area contributed by atoms with E-state index in [4.69, 9.17) is 0 Å². The molecular weight excluding hydrogens is 272 g/mol. The van der Waals surface area contributed by atoms with Gasteiger partial charge in [-0.1, -0.05) is 0 Å². The lowest BCUT2D eigenvalue weighted by Gasteiger charge is -2.05. The highest BCUT2D eigenvalue weighted by Gasteiger charge is 2.22. The summed E-state index contributed by atoms with van der Waals surface area (Å²) in [6.07, 6.45) is -5.98. The van der Waals surface area contributed by atoms with Gasteiger partial charge in [-0.25, -0.2) is 17.6 Å². The highest BCUT2D eigenvalue weighted by atomic mass is 19.3. The van der Waals surface area contributed by atoms with Crippen LogP contribution in [-0.4, -0.2) is 0 Å². The van der Waals surface area contributed by atoms with Crippen LogP contribution in [0.25, 0.3) is 11.7 Å². The first-order chi connectivity index (χ1) is 8.25. The van der Waals surface area contributed by atoms with Gasteiger partial charge in [0, 0.05) is 0 Å². The quantitative estimate of drug-likeness (QED) is 0.663. The maximum atomic E-state index is 13.3. The first kappa shape index (κ1) is 14.2. The van der Waals surface area contributed by atoms with Crippen LogP contribution in [0.3, 0.4) is 0 Å². The maximum Gasteiger partial charge on any atom is 0.306 e. The van der Waals surface area contributed by atoms with Gasteiger partial charge in [0.05, 0.1) is 11.1 Å². The van der Waals surface area contributed by atoms with Crippen molar-refractivity contribution >= 4 is 11.7 Å². The Morgan fingerprint density at radius 2 is 1.00 bits per heavy atom. The molecule has 0 nitrogen and oxygen atoms in total. The molecule has 0 atom stereocenters. The molecule has 8 heteroatoms. The molecule has 0 radical (unpaired) electrons. The first-order valence-electron chi connectivity index (χ1n) is 4.17. The van der Waals surface area contributed by atoms with Gasteiger partial charge < -0.3 is 0 Å². The summed E-state index contributed by atoms with van der Waals surface area (Å²) in [5.74, 6) is -8.51. The Balaban J connectivity index is 3.61. The third-order valence-electron chi connectivity index (χ3n) is 1.84. The second-order valence-corrected chi connectivity index (χ2v) is 2.96. The van der Waals surface area contributed by atoms with E-state index < -0.39 is 46.6 Å². The van der Waals surface area contributed by atoms with Crippen molar-refractivity contribution in [2.45, 2.75) is 0 Å². The summed E-state index contributed by atoms with van der Waals surface area (Å²) in [6, 6.07) is -0.00646. The van der Waals surface area contributed by atoms with Crippen molar-refractivity contribution in [3.05, 3.63) is 47.1 Å². The third kappa shape index (κ3) is 2.69. The normalized spacial score (nSPS) is 10.2. The molecule has 0 amide bonds. The van der Waals surface area contributed by atoms with Crippen LogP contribution < -0.4 is 0 Å². The number of benzene rings is 1. The Kier molecular flexibility index (Phi) is 4.10. The maximum absolute atomic E-state index is 13.3. The van der Waals surface area contributed by atoms with Crippen molar-refractivity contribution in [3.63, 3.8) is 0 Å². The van der Waals surface area contributed by atoms with Crippen LogP contribution in [0.15, 0.2) is 24.3 Å². The van der Waals surface area contributed by atoms with Crippen molar-refractivity contribution in [3.8, 4) is 0 Å². The Morgan fingerprint density at radius 3 is 1.28 bits per heavy atom. The Bertz CT molecular complexity index is 490. The van der Waals surface area contributed by atoms with Gasteiger partial charge in [0.15, 0.2) is 11.7 Å². The highest BCUT2D eigenvalue weighted by Crippen LogP contribution is 2.32. The zero-order valence-electron chi connectivity index (χ0n) is 8.18. The van der Waals surface area contributed by atoms with Crippen LogP contribution in [0.5, 0.6) is 0 Å². The summed E-state index contributed by atoms with van der Waals surface area (Å²) in [5.41, 5.74) is -3.28. The molecule has 0 aromatic heterocycles. The standard InChI is InChI=1S/C10H2F8/c11-3-1-4(7(13)9(15)16)6(12)5(2-3)8(14)10(17)18/h1-2H. The number of hydrogen-bond acceptors (Lipinski definition) is 0. The zero-order valence-corrected chi connectivity index (χ0v) is 8.18. The summed E-state index contributed by atoms with van der Waals surface area (Å²) < 4.78 is 99.1. The molecule has 0 fully saturated rings. The van der Waals surface area contributed by atoms with Gasteiger partial charge in [0.2, 0.25) is 0 Å². The summed E-state index contributed by atoms with van der Waals surface area (Å²) in [5, 5.41) is 0. The molecule has 1 rings (SSSR count). The van der Waals surface area contributed by atoms with Crippen LogP contribution in [0.4, 0.5) is 35.1 Å². The fourth-order valence-electron chi connectivity index (χ4n) is 1.11. The van der Waals surface area contributed by atoms with E-state index in [9.17, 15) is 35.1 Å². The molecule has 1 aromatic rings. The number of rotatable bonds is 2. The smallest absolute Gasteiger partial charge is 0.207 e. The first-order valence-corrected chi connectivity index (χ1v) is 4.17. The zero-order chi connectivity index (χ0) is 14.0. The SMILES string of the molecule is FC(F)=C(F)c1cc(F)cc(C(F)=C(F)F)c1F. The van der Waals surface area contributed by atoms with Gasteiger partial charge in [-0.05, 0) is 12.1 Å². The second kappa shape index (κ2) is 5.19. The van der Waals surface area contributed by atoms with E-state index in [1.807, 2.05) is 0 Å². The van der Waals surface area contributed by atoms with Crippen LogP contribution in [-0.2, 0) is 0 Å². The van der Waals surface area contributed by atoms with E-state index in [2.05, 4.69) is 0 Å². The molecule has 0 spiro atoms. The Hall–Kier alpha value is -1.86. The van der Waals surface area contributed by atoms with E-state index in [0.717, 1.165) is 0 Å². The Labute approximate surface area is 94.8 Å². The molecule has 0 bridgehead atoms. The topological polar surface area (TPSA) is 0 Å². The molecule has 0 saturated heterocycles. The highest BCUT2D eigenvalue weighted by molar-refractivity contribution is 5.68. The predicted octanol–water partition coefficient (Wildman–Crippen LogP) is 5.03. The summed E-state index contributed by atoms with van der Waals surface area (Å²) in [6.45, 7) is 0. The average Bonchev–Trinajstić information content (AvgIpc) is 2.29. The second-order valence-electron chi connectivity index (χ2n) is 2.96. The van der Waals surface area contributed by atoms with Crippen LogP contribution in [0.2, 0.25) is 0 Å². The monoisotopic (exact) mass is 274 g/mol. The molecule has 0 saturated carbocycles. The van der Waals surface area contributed by atoms with Crippen LogP contribution >= 0.6 is 0 Å². The molecule has 98 valence electrons. The lowest BCUT2D eigenvalue weighted by molar-refractivity contribution is 0.407. The van der Waals surface area contributed by atoms with Crippen molar-refractivity contribution in [1.82, 2.24) is 0 Å². The lowest BCUT2D eigenvalue weighted by atomic mass is 10.1. The fourth-order valence-corrected chi connectivity index (χ4v) is 1.11. The summed E-state index contributed by atoms with van der Waals surface area (Å²) in [4.78, 5) is 0. The minimum absolute atomic E-state index is 0.00323. The van der Waals surface area contributed by atoms with Crippen molar-refractivity contribution < 1.29 is 35.1 Å². The predicted molar refractivity (Wildman–Crippen MR) is 46.8 cm³/mol. The minimum atomic E-state index is -2.99. The largest absolute Gasteiger partial charge is 0.306 e. The van der Waals surface area contributed by atoms with Crippen LogP contribution in [0, 0.1) is 11.6 Å². The van der Waals surface area contributed by atoms with Gasteiger partial charge in [-0.3, -0.25) is 0 Å². The van der Waals surface area contributed by atoms with Gasteiger partial charge in [-0.2, -0.15) is 17.6 Å². The average molecular weight is 274 g/mol. The number of halogens is 8. The molecule has 0 aliphatic heterocycles. The molecule has 0 heterocycles. The van der Waals surface area contributed by atoms with E-state index in [1.165, 1.54) is 0 Å². The van der Waals surface area contributed by atoms with Gasteiger partial charge >= 0.3 is 12.2 Å². The molecule has 0 aliphatic rings. The molecule has 0 unspecified atom stereocenters. The van der Waals surface area contributed by atoms with E-state index in [0.29, 0.717) is 0 Å². The summed E-state index contributed by atoms with van der Waals surface area (Å²) >= 11 is 0. The van der Waals surface area contributed by atoms with Crippen molar-refractivity contribution in [2.75, 3.05) is 0 Å². The fraction of sp³-hybridized carbons (Fsp3) is 0. The summed E-state index contributed by atoms with van der Waals surface area (Å²) in [7, 11) is 0. The number of hydrogen-bond donors (Lipinski definition) is 0. The van der Waals surface area contributed by atoms with Gasteiger partial charge in [0.1, 0.15) is 11.6 Å². The van der Waals surface area contributed by atoms with E-state index >= 15 is 0 Å². The van der Waals surface area contributed by atoms with E-state index in [-0.39, 0.29) is 12.1 Å². The molecular formula is C10H2F8. The Morgan fingerprint density at radius 1 is 0.667 bits per heavy atom.